The highest BCUT2D eigenvalue weighted by Crippen LogP contribution is 2.24. The summed E-state index contributed by atoms with van der Waals surface area (Å²) in [6.45, 7) is 1.79. The fourth-order valence-corrected chi connectivity index (χ4v) is 4.64. The molecular formula is C19H20N4O4S2. The normalized spacial score (nSPS) is 12.5. The van der Waals surface area contributed by atoms with Crippen molar-refractivity contribution in [3.05, 3.63) is 66.2 Å². The van der Waals surface area contributed by atoms with Gasteiger partial charge in [-0.25, -0.2) is 8.42 Å². The molecule has 1 heterocycles. The first kappa shape index (κ1) is 20.9. The SMILES string of the molecule is CC(Oc1ccccc1)C(=O)Nc1nnc(S(=O)(=O)N(C)Cc2ccccc2)s1. The monoisotopic (exact) mass is 432 g/mol. The zero-order chi connectivity index (χ0) is 20.9. The molecule has 2 aromatic carbocycles. The molecule has 3 rings (SSSR count). The number of benzene rings is 2. The first-order valence-corrected chi connectivity index (χ1v) is 11.0. The zero-order valence-electron chi connectivity index (χ0n) is 15.8. The number of nitrogens with one attached hydrogen (secondary N) is 1. The Balaban J connectivity index is 1.64. The Morgan fingerprint density at radius 2 is 1.72 bits per heavy atom. The van der Waals surface area contributed by atoms with Gasteiger partial charge in [-0.05, 0) is 24.6 Å². The van der Waals surface area contributed by atoms with E-state index in [1.807, 2.05) is 36.4 Å². The number of sulfonamides is 1. The van der Waals surface area contributed by atoms with E-state index < -0.39 is 22.0 Å². The second-order valence-electron chi connectivity index (χ2n) is 6.18. The van der Waals surface area contributed by atoms with Gasteiger partial charge in [-0.3, -0.25) is 10.1 Å². The molecule has 152 valence electrons. The maximum absolute atomic E-state index is 12.7. The summed E-state index contributed by atoms with van der Waals surface area (Å²) in [6, 6.07) is 18.1. The summed E-state index contributed by atoms with van der Waals surface area (Å²) < 4.78 is 32.0. The summed E-state index contributed by atoms with van der Waals surface area (Å²) in [5, 5.41) is 10.1. The van der Waals surface area contributed by atoms with Crippen LogP contribution >= 0.6 is 11.3 Å². The van der Waals surface area contributed by atoms with Crippen LogP contribution in [0.3, 0.4) is 0 Å². The van der Waals surface area contributed by atoms with Crippen LogP contribution in [-0.4, -0.2) is 42.0 Å². The molecule has 0 bridgehead atoms. The van der Waals surface area contributed by atoms with E-state index in [9.17, 15) is 13.2 Å². The van der Waals surface area contributed by atoms with Crippen molar-refractivity contribution in [1.82, 2.24) is 14.5 Å². The molecule has 0 spiro atoms. The smallest absolute Gasteiger partial charge is 0.272 e. The minimum absolute atomic E-state index is 0.0881. The molecule has 1 unspecified atom stereocenters. The Morgan fingerprint density at radius 3 is 2.38 bits per heavy atom. The predicted molar refractivity (Wildman–Crippen MR) is 110 cm³/mol. The van der Waals surface area contributed by atoms with E-state index in [1.54, 1.807) is 31.2 Å². The van der Waals surface area contributed by atoms with Gasteiger partial charge in [0.05, 0.1) is 0 Å². The van der Waals surface area contributed by atoms with Crippen molar-refractivity contribution in [2.75, 3.05) is 12.4 Å². The van der Waals surface area contributed by atoms with E-state index in [0.717, 1.165) is 16.9 Å². The molecule has 3 aromatic rings. The Morgan fingerprint density at radius 1 is 1.10 bits per heavy atom. The third kappa shape index (κ3) is 5.37. The summed E-state index contributed by atoms with van der Waals surface area (Å²) in [4.78, 5) is 12.3. The Hall–Kier alpha value is -2.82. The van der Waals surface area contributed by atoms with E-state index in [2.05, 4.69) is 15.5 Å². The number of anilines is 1. The fourth-order valence-electron chi connectivity index (χ4n) is 2.39. The number of hydrogen-bond acceptors (Lipinski definition) is 7. The first-order chi connectivity index (χ1) is 13.9. The van der Waals surface area contributed by atoms with Gasteiger partial charge >= 0.3 is 0 Å². The van der Waals surface area contributed by atoms with Crippen LogP contribution in [0, 0.1) is 0 Å². The van der Waals surface area contributed by atoms with Gasteiger partial charge < -0.3 is 4.74 Å². The third-order valence-corrected chi connectivity index (χ3v) is 6.93. The molecule has 0 aliphatic heterocycles. The summed E-state index contributed by atoms with van der Waals surface area (Å²) in [6.07, 6.45) is -0.790. The molecule has 8 nitrogen and oxygen atoms in total. The zero-order valence-corrected chi connectivity index (χ0v) is 17.5. The number of carbonyl (C=O) groups excluding carboxylic acids is 1. The topological polar surface area (TPSA) is 101 Å². The number of aromatic nitrogens is 2. The van der Waals surface area contributed by atoms with Crippen molar-refractivity contribution in [3.63, 3.8) is 0 Å². The van der Waals surface area contributed by atoms with E-state index in [1.165, 1.54) is 11.4 Å². The second kappa shape index (κ2) is 9.12. The van der Waals surface area contributed by atoms with Crippen LogP contribution in [0.25, 0.3) is 0 Å². The maximum Gasteiger partial charge on any atom is 0.272 e. The number of hydrogen-bond donors (Lipinski definition) is 1. The molecule has 0 saturated heterocycles. The molecule has 0 radical (unpaired) electrons. The van der Waals surface area contributed by atoms with Crippen molar-refractivity contribution in [1.29, 1.82) is 0 Å². The lowest BCUT2D eigenvalue weighted by Gasteiger charge is -2.15. The highest BCUT2D eigenvalue weighted by molar-refractivity contribution is 7.91. The lowest BCUT2D eigenvalue weighted by Crippen LogP contribution is -2.30. The van der Waals surface area contributed by atoms with Crippen molar-refractivity contribution in [3.8, 4) is 5.75 Å². The van der Waals surface area contributed by atoms with Gasteiger partial charge in [0, 0.05) is 13.6 Å². The Bertz CT molecular complexity index is 1060. The van der Waals surface area contributed by atoms with E-state index in [4.69, 9.17) is 4.74 Å². The van der Waals surface area contributed by atoms with Gasteiger partial charge in [0.1, 0.15) is 5.75 Å². The average Bonchev–Trinajstić information content (AvgIpc) is 3.18. The highest BCUT2D eigenvalue weighted by atomic mass is 32.2. The number of para-hydroxylation sites is 1. The Kier molecular flexibility index (Phi) is 6.57. The number of amides is 1. The maximum atomic E-state index is 12.7. The summed E-state index contributed by atoms with van der Waals surface area (Å²) in [5.74, 6) is 0.102. The summed E-state index contributed by atoms with van der Waals surface area (Å²) >= 11 is 0.791. The molecule has 1 amide bonds. The standard InChI is InChI=1S/C19H20N4O4S2/c1-14(27-16-11-7-4-8-12-16)17(24)20-18-21-22-19(28-18)29(25,26)23(2)13-15-9-5-3-6-10-15/h3-12,14H,13H2,1-2H3,(H,20,21,24). The van der Waals surface area contributed by atoms with Gasteiger partial charge in [0.25, 0.3) is 15.9 Å². The van der Waals surface area contributed by atoms with Crippen LogP contribution in [0.1, 0.15) is 12.5 Å². The van der Waals surface area contributed by atoms with Gasteiger partial charge in [0.15, 0.2) is 6.10 Å². The molecule has 0 fully saturated rings. The lowest BCUT2D eigenvalue weighted by molar-refractivity contribution is -0.122. The van der Waals surface area contributed by atoms with Gasteiger partial charge in [-0.1, -0.05) is 59.9 Å². The predicted octanol–water partition coefficient (Wildman–Crippen LogP) is 2.76. The van der Waals surface area contributed by atoms with Gasteiger partial charge in [-0.15, -0.1) is 10.2 Å². The van der Waals surface area contributed by atoms with Gasteiger partial charge in [-0.2, -0.15) is 4.31 Å². The number of carbonyl (C=O) groups is 1. The molecule has 1 N–H and O–H groups in total. The molecule has 0 aliphatic carbocycles. The Labute approximate surface area is 173 Å². The van der Waals surface area contributed by atoms with Crippen LogP contribution < -0.4 is 10.1 Å². The van der Waals surface area contributed by atoms with E-state index in [-0.39, 0.29) is 16.0 Å². The van der Waals surface area contributed by atoms with Crippen LogP contribution in [0.2, 0.25) is 0 Å². The van der Waals surface area contributed by atoms with Crippen LogP contribution in [-0.2, 0) is 21.4 Å². The van der Waals surface area contributed by atoms with Crippen LogP contribution in [0.15, 0.2) is 65.0 Å². The number of nitrogens with zero attached hydrogens (tertiary/aromatic N) is 3. The van der Waals surface area contributed by atoms with E-state index in [0.29, 0.717) is 5.75 Å². The highest BCUT2D eigenvalue weighted by Gasteiger charge is 2.27. The minimum Gasteiger partial charge on any atom is -0.481 e. The largest absolute Gasteiger partial charge is 0.481 e. The molecule has 10 heteroatoms. The molecule has 1 atom stereocenters. The quantitative estimate of drug-likeness (QED) is 0.549. The number of rotatable bonds is 8. The number of ether oxygens (including phenoxy) is 1. The molecular weight excluding hydrogens is 412 g/mol. The van der Waals surface area contributed by atoms with Crippen LogP contribution in [0.5, 0.6) is 5.75 Å². The van der Waals surface area contributed by atoms with Crippen LogP contribution in [0.4, 0.5) is 5.13 Å². The fraction of sp³-hybridized carbons (Fsp3) is 0.211. The molecule has 0 aliphatic rings. The summed E-state index contributed by atoms with van der Waals surface area (Å²) in [5.41, 5.74) is 0.850. The lowest BCUT2D eigenvalue weighted by atomic mass is 10.2. The minimum atomic E-state index is -3.83. The molecule has 1 aromatic heterocycles. The van der Waals surface area contributed by atoms with Crippen molar-refractivity contribution in [2.45, 2.75) is 23.9 Å². The van der Waals surface area contributed by atoms with Crippen molar-refractivity contribution in [2.24, 2.45) is 0 Å². The molecule has 29 heavy (non-hydrogen) atoms. The van der Waals surface area contributed by atoms with Crippen molar-refractivity contribution < 1.29 is 17.9 Å². The summed E-state index contributed by atoms with van der Waals surface area (Å²) in [7, 11) is -2.36. The first-order valence-electron chi connectivity index (χ1n) is 8.72. The third-order valence-electron chi connectivity index (χ3n) is 3.94. The average molecular weight is 433 g/mol. The second-order valence-corrected chi connectivity index (χ2v) is 9.38. The van der Waals surface area contributed by atoms with Crippen molar-refractivity contribution >= 4 is 32.4 Å². The van der Waals surface area contributed by atoms with Gasteiger partial charge in [0.2, 0.25) is 9.47 Å². The molecule has 0 saturated carbocycles. The van der Waals surface area contributed by atoms with E-state index >= 15 is 0 Å².